The largest absolute Gasteiger partial charge is 0.462 e. The molecule has 0 fully saturated rings. The van der Waals surface area contributed by atoms with Crippen molar-refractivity contribution in [3.8, 4) is 0 Å². The lowest BCUT2D eigenvalue weighted by Crippen LogP contribution is -2.30. The molecule has 6 nitrogen and oxygen atoms in total. The van der Waals surface area contributed by atoms with E-state index in [1.54, 1.807) is 0 Å². The number of unbranched alkanes of at least 4 members (excludes halogenated alkanes) is 51. The molecular formula is C75H140O6. The Morgan fingerprint density at radius 2 is 0.444 bits per heavy atom. The van der Waals surface area contributed by atoms with Crippen molar-refractivity contribution in [2.45, 2.75) is 412 Å². The molecule has 0 saturated heterocycles. The van der Waals surface area contributed by atoms with Crippen LogP contribution in [-0.2, 0) is 28.6 Å². The van der Waals surface area contributed by atoms with Crippen LogP contribution in [0.4, 0.5) is 0 Å². The summed E-state index contributed by atoms with van der Waals surface area (Å²) in [6.45, 7) is 6.69. The van der Waals surface area contributed by atoms with E-state index in [4.69, 9.17) is 14.2 Å². The second kappa shape index (κ2) is 70.1. The van der Waals surface area contributed by atoms with Gasteiger partial charge < -0.3 is 14.2 Å². The normalized spacial score (nSPS) is 12.2. The van der Waals surface area contributed by atoms with Crippen LogP contribution in [0.25, 0.3) is 0 Å². The zero-order valence-electron chi connectivity index (χ0n) is 54.8. The van der Waals surface area contributed by atoms with E-state index in [-0.39, 0.29) is 31.1 Å². The average molecular weight is 1140 g/mol. The minimum Gasteiger partial charge on any atom is -0.462 e. The molecule has 6 heteroatoms. The van der Waals surface area contributed by atoms with Crippen molar-refractivity contribution in [2.24, 2.45) is 0 Å². The fraction of sp³-hybridized carbons (Fsp3) is 0.880. The molecule has 0 radical (unpaired) electrons. The fourth-order valence-corrected chi connectivity index (χ4v) is 11.2. The number of esters is 3. The lowest BCUT2D eigenvalue weighted by atomic mass is 10.0. The van der Waals surface area contributed by atoms with E-state index < -0.39 is 6.10 Å². The highest BCUT2D eigenvalue weighted by molar-refractivity contribution is 5.71. The summed E-state index contributed by atoms with van der Waals surface area (Å²) in [5, 5.41) is 0. The molecule has 0 spiro atoms. The van der Waals surface area contributed by atoms with E-state index >= 15 is 0 Å². The van der Waals surface area contributed by atoms with Crippen molar-refractivity contribution in [3.63, 3.8) is 0 Å². The van der Waals surface area contributed by atoms with Gasteiger partial charge in [-0.25, -0.2) is 0 Å². The van der Waals surface area contributed by atoms with Crippen molar-refractivity contribution < 1.29 is 28.6 Å². The van der Waals surface area contributed by atoms with E-state index in [0.717, 1.165) is 70.6 Å². The van der Waals surface area contributed by atoms with Gasteiger partial charge in [0.05, 0.1) is 0 Å². The lowest BCUT2D eigenvalue weighted by Gasteiger charge is -2.18. The Bertz CT molecular complexity index is 1350. The zero-order chi connectivity index (χ0) is 58.5. The molecule has 0 aliphatic heterocycles. The number of hydrogen-bond acceptors (Lipinski definition) is 6. The Labute approximate surface area is 506 Å². The van der Waals surface area contributed by atoms with E-state index in [9.17, 15) is 14.4 Å². The SMILES string of the molecule is CCCCCCC/C=C\C/C=C\C/C=C\CCCCCCCCCCCCC(=O)OC(COC(=O)CCCCCCCCCCCC)COC(=O)CCCCCCCCCCCCCCCCCCCCCCCCCCCCCC. The maximum atomic E-state index is 12.9. The molecule has 1 atom stereocenters. The van der Waals surface area contributed by atoms with Crippen molar-refractivity contribution >= 4 is 17.9 Å². The van der Waals surface area contributed by atoms with Gasteiger partial charge in [-0.3, -0.25) is 14.4 Å². The first-order valence-corrected chi connectivity index (χ1v) is 36.5. The van der Waals surface area contributed by atoms with Gasteiger partial charge in [-0.15, -0.1) is 0 Å². The summed E-state index contributed by atoms with van der Waals surface area (Å²) in [4.78, 5) is 38.4. The smallest absolute Gasteiger partial charge is 0.306 e. The van der Waals surface area contributed by atoms with Gasteiger partial charge in [0, 0.05) is 19.3 Å². The molecule has 0 aromatic heterocycles. The van der Waals surface area contributed by atoms with Crippen LogP contribution < -0.4 is 0 Å². The van der Waals surface area contributed by atoms with Crippen LogP contribution in [0, 0.1) is 0 Å². The number of ether oxygens (including phenoxy) is 3. The van der Waals surface area contributed by atoms with E-state index in [1.165, 1.54) is 295 Å². The number of allylic oxidation sites excluding steroid dienone is 6. The molecule has 0 saturated carbocycles. The van der Waals surface area contributed by atoms with Gasteiger partial charge in [-0.05, 0) is 57.8 Å². The van der Waals surface area contributed by atoms with Crippen molar-refractivity contribution in [1.29, 1.82) is 0 Å². The molecule has 0 bridgehead atoms. The Balaban J connectivity index is 4.13. The maximum Gasteiger partial charge on any atom is 0.306 e. The molecular weight excluding hydrogens is 997 g/mol. The molecule has 0 aromatic rings. The first-order valence-electron chi connectivity index (χ1n) is 36.5. The van der Waals surface area contributed by atoms with Crippen molar-refractivity contribution in [1.82, 2.24) is 0 Å². The van der Waals surface area contributed by atoms with Gasteiger partial charge in [-0.2, -0.15) is 0 Å². The molecule has 0 aliphatic carbocycles. The summed E-state index contributed by atoms with van der Waals surface area (Å²) in [6.07, 6.45) is 87.7. The standard InChI is InChI=1S/C75H140O6/c1-4-7-10-13-16-19-22-24-26-28-30-32-34-36-37-38-40-41-43-45-47-49-51-53-56-59-62-65-68-74(77)80-71-72(70-79-73(76)67-64-61-58-55-21-18-15-12-9-6-3)81-75(78)69-66-63-60-57-54-52-50-48-46-44-42-39-35-33-31-29-27-25-23-20-17-14-11-8-5-2/h23,25,29,31,35,39,72H,4-22,24,26-28,30,32-34,36-38,40-71H2,1-3H3/b25-23-,31-29-,39-35-. The van der Waals surface area contributed by atoms with Crippen LogP contribution >= 0.6 is 0 Å². The Kier molecular flexibility index (Phi) is 68.1. The Morgan fingerprint density at radius 1 is 0.247 bits per heavy atom. The molecule has 81 heavy (non-hydrogen) atoms. The molecule has 0 rings (SSSR count). The third kappa shape index (κ3) is 68.3. The highest BCUT2D eigenvalue weighted by atomic mass is 16.6. The Hall–Kier alpha value is -2.37. The van der Waals surface area contributed by atoms with Gasteiger partial charge in [0.2, 0.25) is 0 Å². The number of carbonyl (C=O) groups excluding carboxylic acids is 3. The van der Waals surface area contributed by atoms with Crippen LogP contribution in [0.1, 0.15) is 406 Å². The lowest BCUT2D eigenvalue weighted by molar-refractivity contribution is -0.167. The molecule has 476 valence electrons. The summed E-state index contributed by atoms with van der Waals surface area (Å²) in [5.41, 5.74) is 0. The molecule has 0 heterocycles. The van der Waals surface area contributed by atoms with E-state index in [2.05, 4.69) is 57.2 Å². The summed E-state index contributed by atoms with van der Waals surface area (Å²) in [6, 6.07) is 0. The third-order valence-corrected chi connectivity index (χ3v) is 16.6. The summed E-state index contributed by atoms with van der Waals surface area (Å²) >= 11 is 0. The fourth-order valence-electron chi connectivity index (χ4n) is 11.2. The molecule has 1 unspecified atom stereocenters. The van der Waals surface area contributed by atoms with Crippen LogP contribution in [0.3, 0.4) is 0 Å². The predicted octanol–water partition coefficient (Wildman–Crippen LogP) is 25.1. The van der Waals surface area contributed by atoms with Gasteiger partial charge in [0.15, 0.2) is 6.10 Å². The quantitative estimate of drug-likeness (QED) is 0.0261. The van der Waals surface area contributed by atoms with Gasteiger partial charge >= 0.3 is 17.9 Å². The van der Waals surface area contributed by atoms with Crippen molar-refractivity contribution in [3.05, 3.63) is 36.5 Å². The number of hydrogen-bond donors (Lipinski definition) is 0. The Morgan fingerprint density at radius 3 is 0.691 bits per heavy atom. The molecule has 0 amide bonds. The molecule has 0 aliphatic rings. The average Bonchev–Trinajstić information content (AvgIpc) is 3.47. The van der Waals surface area contributed by atoms with Gasteiger partial charge in [0.1, 0.15) is 13.2 Å². The van der Waals surface area contributed by atoms with Gasteiger partial charge in [-0.1, -0.05) is 365 Å². The van der Waals surface area contributed by atoms with E-state index in [0.29, 0.717) is 19.3 Å². The second-order valence-electron chi connectivity index (χ2n) is 24.9. The highest BCUT2D eigenvalue weighted by Gasteiger charge is 2.19. The zero-order valence-corrected chi connectivity index (χ0v) is 54.8. The second-order valence-corrected chi connectivity index (χ2v) is 24.9. The monoisotopic (exact) mass is 1140 g/mol. The minimum atomic E-state index is -0.771. The van der Waals surface area contributed by atoms with Gasteiger partial charge in [0.25, 0.3) is 0 Å². The van der Waals surface area contributed by atoms with Crippen LogP contribution in [0.2, 0.25) is 0 Å². The number of carbonyl (C=O) groups is 3. The maximum absolute atomic E-state index is 12.9. The summed E-state index contributed by atoms with van der Waals surface area (Å²) in [7, 11) is 0. The summed E-state index contributed by atoms with van der Waals surface area (Å²) in [5.74, 6) is -0.845. The molecule has 0 aromatic carbocycles. The third-order valence-electron chi connectivity index (χ3n) is 16.6. The minimum absolute atomic E-state index is 0.0679. The van der Waals surface area contributed by atoms with Crippen LogP contribution in [0.5, 0.6) is 0 Å². The van der Waals surface area contributed by atoms with Crippen LogP contribution in [-0.4, -0.2) is 37.2 Å². The van der Waals surface area contributed by atoms with E-state index in [1.807, 2.05) is 0 Å². The predicted molar refractivity (Wildman–Crippen MR) is 353 cm³/mol. The number of rotatable bonds is 68. The molecule has 0 N–H and O–H groups in total. The highest BCUT2D eigenvalue weighted by Crippen LogP contribution is 2.19. The topological polar surface area (TPSA) is 78.9 Å². The first-order chi connectivity index (χ1) is 40.0. The summed E-state index contributed by atoms with van der Waals surface area (Å²) < 4.78 is 17.0. The van der Waals surface area contributed by atoms with Crippen LogP contribution in [0.15, 0.2) is 36.5 Å². The van der Waals surface area contributed by atoms with Crippen molar-refractivity contribution in [2.75, 3.05) is 13.2 Å². The first kappa shape index (κ1) is 78.6.